The van der Waals surface area contributed by atoms with Gasteiger partial charge in [-0.15, -0.1) is 0 Å². The van der Waals surface area contributed by atoms with E-state index in [4.69, 9.17) is 10.8 Å². The Morgan fingerprint density at radius 2 is 1.81 bits per heavy atom. The van der Waals surface area contributed by atoms with Crippen LogP contribution in [0.3, 0.4) is 0 Å². The molecule has 2 amide bonds. The van der Waals surface area contributed by atoms with Crippen LogP contribution in [0.4, 0.5) is 5.69 Å². The molecule has 2 rings (SSSR count). The highest BCUT2D eigenvalue weighted by atomic mass is 16.6. The molecule has 0 spiro atoms. The molecule has 1 heterocycles. The van der Waals surface area contributed by atoms with E-state index in [0.29, 0.717) is 26.2 Å². The fourth-order valence-corrected chi connectivity index (χ4v) is 2.65. The summed E-state index contributed by atoms with van der Waals surface area (Å²) in [5.74, 6) is -1.68. The van der Waals surface area contributed by atoms with Gasteiger partial charge in [-0.3, -0.25) is 24.5 Å². The third kappa shape index (κ3) is 4.76. The van der Waals surface area contributed by atoms with Gasteiger partial charge in [-0.05, 0) is 12.5 Å². The number of carbonyl (C=O) groups excluding carboxylic acids is 2. The Balaban J connectivity index is 1.88. The molecule has 1 saturated heterocycles. The number of nitro groups is 1. The van der Waals surface area contributed by atoms with E-state index in [-0.39, 0.29) is 35.9 Å². The van der Waals surface area contributed by atoms with E-state index in [0.717, 1.165) is 0 Å². The lowest BCUT2D eigenvalue weighted by molar-refractivity contribution is -0.384. The fraction of sp³-hybridized carbons (Fsp3) is 0.438. The molecule has 0 aromatic heterocycles. The van der Waals surface area contributed by atoms with Crippen molar-refractivity contribution in [3.05, 3.63) is 39.9 Å². The molecular weight excluding hydrogens is 344 g/mol. The summed E-state index contributed by atoms with van der Waals surface area (Å²) in [5, 5.41) is 19.5. The monoisotopic (exact) mass is 364 g/mol. The van der Waals surface area contributed by atoms with Crippen LogP contribution >= 0.6 is 0 Å². The largest absolute Gasteiger partial charge is 0.480 e. The Morgan fingerprint density at radius 3 is 2.38 bits per heavy atom. The lowest BCUT2D eigenvalue weighted by Gasteiger charge is -2.35. The lowest BCUT2D eigenvalue weighted by Crippen LogP contribution is -2.50. The van der Waals surface area contributed by atoms with Gasteiger partial charge >= 0.3 is 5.97 Å². The number of piperazine rings is 1. The molecule has 140 valence electrons. The van der Waals surface area contributed by atoms with Crippen molar-refractivity contribution in [1.82, 2.24) is 9.80 Å². The second-order valence-electron chi connectivity index (χ2n) is 5.96. The van der Waals surface area contributed by atoms with Crippen LogP contribution in [0.5, 0.6) is 0 Å². The minimum atomic E-state index is -1.15. The smallest absolute Gasteiger partial charge is 0.320 e. The molecular formula is C16H20N4O6. The second-order valence-corrected chi connectivity index (χ2v) is 5.96. The number of carboxylic acids is 1. The molecule has 26 heavy (non-hydrogen) atoms. The molecule has 0 radical (unpaired) electrons. The molecule has 3 N–H and O–H groups in total. The number of carboxylic acid groups (broad SMARTS) is 1. The van der Waals surface area contributed by atoms with Crippen molar-refractivity contribution in [2.75, 3.05) is 26.2 Å². The lowest BCUT2D eigenvalue weighted by atomic mass is 10.1. The molecule has 1 aromatic rings. The van der Waals surface area contributed by atoms with Gasteiger partial charge < -0.3 is 20.6 Å². The predicted octanol–water partition coefficient (Wildman–Crippen LogP) is 0.0713. The summed E-state index contributed by atoms with van der Waals surface area (Å²) in [6, 6.07) is 4.44. The van der Waals surface area contributed by atoms with E-state index in [2.05, 4.69) is 0 Å². The quantitative estimate of drug-likeness (QED) is 0.536. The summed E-state index contributed by atoms with van der Waals surface area (Å²) in [6.07, 6.45) is 0.0906. The SMILES string of the molecule is N[C@@H](CCC(=O)N1CCN(C(=O)c2cccc([N+](=O)[O-])c2)CC1)C(=O)O. The number of nitrogens with two attached hydrogens (primary N) is 1. The van der Waals surface area contributed by atoms with Crippen LogP contribution in [0.15, 0.2) is 24.3 Å². The first-order valence-electron chi connectivity index (χ1n) is 8.09. The van der Waals surface area contributed by atoms with Crippen molar-refractivity contribution in [2.45, 2.75) is 18.9 Å². The number of aliphatic carboxylic acids is 1. The molecule has 0 saturated carbocycles. The minimum Gasteiger partial charge on any atom is -0.480 e. The number of nitro benzene ring substituents is 1. The van der Waals surface area contributed by atoms with E-state index < -0.39 is 16.9 Å². The summed E-state index contributed by atoms with van der Waals surface area (Å²) < 4.78 is 0. The van der Waals surface area contributed by atoms with Crippen molar-refractivity contribution in [2.24, 2.45) is 5.73 Å². The van der Waals surface area contributed by atoms with Crippen LogP contribution in [-0.4, -0.2) is 69.8 Å². The second kappa shape index (κ2) is 8.39. The van der Waals surface area contributed by atoms with Crippen LogP contribution in [0, 0.1) is 10.1 Å². The highest BCUT2D eigenvalue weighted by Crippen LogP contribution is 2.16. The van der Waals surface area contributed by atoms with Gasteiger partial charge in [-0.1, -0.05) is 6.07 Å². The molecule has 10 heteroatoms. The maximum atomic E-state index is 12.5. The number of hydrogen-bond acceptors (Lipinski definition) is 6. The van der Waals surface area contributed by atoms with E-state index in [1.165, 1.54) is 29.2 Å². The van der Waals surface area contributed by atoms with Crippen molar-refractivity contribution in [1.29, 1.82) is 0 Å². The van der Waals surface area contributed by atoms with E-state index in [9.17, 15) is 24.5 Å². The van der Waals surface area contributed by atoms with Crippen LogP contribution in [0.1, 0.15) is 23.2 Å². The molecule has 10 nitrogen and oxygen atoms in total. The van der Waals surface area contributed by atoms with Crippen molar-refractivity contribution in [3.8, 4) is 0 Å². The maximum Gasteiger partial charge on any atom is 0.320 e. The zero-order valence-electron chi connectivity index (χ0n) is 14.0. The van der Waals surface area contributed by atoms with Crippen LogP contribution < -0.4 is 5.73 Å². The number of rotatable bonds is 6. The predicted molar refractivity (Wildman–Crippen MR) is 90.4 cm³/mol. The normalized spacial score (nSPS) is 15.4. The summed E-state index contributed by atoms with van der Waals surface area (Å²) in [6.45, 7) is 1.25. The van der Waals surface area contributed by atoms with Crippen molar-refractivity contribution < 1.29 is 24.4 Å². The Kier molecular flexibility index (Phi) is 6.23. The van der Waals surface area contributed by atoms with E-state index in [1.807, 2.05) is 0 Å². The highest BCUT2D eigenvalue weighted by Gasteiger charge is 2.26. The zero-order chi connectivity index (χ0) is 19.3. The molecule has 1 aliphatic rings. The first-order valence-corrected chi connectivity index (χ1v) is 8.09. The van der Waals surface area contributed by atoms with Crippen molar-refractivity contribution >= 4 is 23.5 Å². The van der Waals surface area contributed by atoms with Gasteiger partial charge in [0.1, 0.15) is 6.04 Å². The number of benzene rings is 1. The van der Waals surface area contributed by atoms with Crippen LogP contribution in [-0.2, 0) is 9.59 Å². The number of hydrogen-bond donors (Lipinski definition) is 2. The van der Waals surface area contributed by atoms with Gasteiger partial charge in [-0.25, -0.2) is 0 Å². The topological polar surface area (TPSA) is 147 Å². The summed E-state index contributed by atoms with van der Waals surface area (Å²) in [4.78, 5) is 48.6. The van der Waals surface area contributed by atoms with Gasteiger partial charge in [0.2, 0.25) is 5.91 Å². The highest BCUT2D eigenvalue weighted by molar-refractivity contribution is 5.95. The molecule has 1 atom stereocenters. The van der Waals surface area contributed by atoms with Gasteiger partial charge in [0.25, 0.3) is 11.6 Å². The van der Waals surface area contributed by atoms with Crippen LogP contribution in [0.25, 0.3) is 0 Å². The number of carbonyl (C=O) groups is 3. The van der Waals surface area contributed by atoms with Gasteiger partial charge in [0, 0.05) is 50.3 Å². The Bertz CT molecular complexity index is 714. The third-order valence-electron chi connectivity index (χ3n) is 4.21. The summed E-state index contributed by atoms with van der Waals surface area (Å²) in [7, 11) is 0. The molecule has 1 fully saturated rings. The van der Waals surface area contributed by atoms with Crippen molar-refractivity contribution in [3.63, 3.8) is 0 Å². The third-order valence-corrected chi connectivity index (χ3v) is 4.21. The number of nitrogens with zero attached hydrogens (tertiary/aromatic N) is 3. The van der Waals surface area contributed by atoms with Crippen LogP contribution in [0.2, 0.25) is 0 Å². The Hall–Kier alpha value is -3.01. The fourth-order valence-electron chi connectivity index (χ4n) is 2.65. The summed E-state index contributed by atoms with van der Waals surface area (Å²) >= 11 is 0. The van der Waals surface area contributed by atoms with E-state index >= 15 is 0 Å². The molecule has 0 aliphatic carbocycles. The molecule has 1 aromatic carbocycles. The molecule has 1 aliphatic heterocycles. The Morgan fingerprint density at radius 1 is 1.19 bits per heavy atom. The molecule has 0 unspecified atom stereocenters. The average Bonchev–Trinajstić information content (AvgIpc) is 2.65. The average molecular weight is 364 g/mol. The zero-order valence-corrected chi connectivity index (χ0v) is 14.0. The van der Waals surface area contributed by atoms with Gasteiger partial charge in [0.05, 0.1) is 4.92 Å². The molecule has 0 bridgehead atoms. The first kappa shape index (κ1) is 19.3. The Labute approximate surface area is 149 Å². The summed E-state index contributed by atoms with van der Waals surface area (Å²) in [5.41, 5.74) is 5.46. The maximum absolute atomic E-state index is 12.5. The van der Waals surface area contributed by atoms with E-state index in [1.54, 1.807) is 4.90 Å². The first-order chi connectivity index (χ1) is 12.3. The van der Waals surface area contributed by atoms with Gasteiger partial charge in [-0.2, -0.15) is 0 Å². The standard InChI is InChI=1S/C16H20N4O6/c17-13(16(23)24)4-5-14(21)18-6-8-19(9-7-18)15(22)11-2-1-3-12(10-11)20(25)26/h1-3,10,13H,4-9,17H2,(H,23,24)/t13-/m0/s1. The van der Waals surface area contributed by atoms with Gasteiger partial charge in [0.15, 0.2) is 0 Å². The number of non-ortho nitro benzene ring substituents is 1. The number of amides is 2. The minimum absolute atomic E-state index is 0.0340.